The number of rotatable bonds is 4. The maximum absolute atomic E-state index is 5.44. The summed E-state index contributed by atoms with van der Waals surface area (Å²) < 4.78 is 16.2. The van der Waals surface area contributed by atoms with Crippen LogP contribution in [0.3, 0.4) is 0 Å². The lowest BCUT2D eigenvalue weighted by Crippen LogP contribution is -2.41. The van der Waals surface area contributed by atoms with Gasteiger partial charge in [-0.2, -0.15) is 0 Å². The summed E-state index contributed by atoms with van der Waals surface area (Å²) in [6.07, 6.45) is 0. The molecule has 0 aliphatic carbocycles. The highest BCUT2D eigenvalue weighted by atomic mass is 16.7. The fourth-order valence-corrected chi connectivity index (χ4v) is 2.54. The molecule has 104 valence electrons. The van der Waals surface area contributed by atoms with E-state index in [1.807, 2.05) is 13.1 Å². The first-order chi connectivity index (χ1) is 9.36. The molecule has 0 spiro atoms. The van der Waals surface area contributed by atoms with Gasteiger partial charge in [0.2, 0.25) is 6.79 Å². The van der Waals surface area contributed by atoms with Crippen LogP contribution >= 0.6 is 0 Å². The third kappa shape index (κ3) is 2.83. The van der Waals surface area contributed by atoms with E-state index in [0.717, 1.165) is 44.3 Å². The van der Waals surface area contributed by atoms with Crippen molar-refractivity contribution in [3.05, 3.63) is 23.8 Å². The van der Waals surface area contributed by atoms with E-state index in [2.05, 4.69) is 22.3 Å². The van der Waals surface area contributed by atoms with Gasteiger partial charge < -0.3 is 19.5 Å². The maximum atomic E-state index is 5.44. The monoisotopic (exact) mass is 264 g/mol. The second-order valence-electron chi connectivity index (χ2n) is 4.87. The molecular formula is C14H20N2O3. The molecule has 2 aliphatic rings. The van der Waals surface area contributed by atoms with Crippen LogP contribution in [0.25, 0.3) is 0 Å². The van der Waals surface area contributed by atoms with Crippen molar-refractivity contribution >= 4 is 0 Å². The predicted molar refractivity (Wildman–Crippen MR) is 71.6 cm³/mol. The van der Waals surface area contributed by atoms with Crippen molar-refractivity contribution in [2.75, 3.05) is 46.7 Å². The number of benzene rings is 1. The lowest BCUT2D eigenvalue weighted by molar-refractivity contribution is 0.0338. The van der Waals surface area contributed by atoms with Gasteiger partial charge in [0.1, 0.15) is 0 Å². The van der Waals surface area contributed by atoms with E-state index in [1.54, 1.807) is 0 Å². The number of likely N-dealkylation sites (N-methyl/N-ethyl adjacent to an activating group) is 1. The van der Waals surface area contributed by atoms with Gasteiger partial charge in [-0.05, 0) is 24.7 Å². The summed E-state index contributed by atoms with van der Waals surface area (Å²) in [6.45, 7) is 4.98. The van der Waals surface area contributed by atoms with Gasteiger partial charge in [0.05, 0.1) is 13.2 Å². The standard InChI is InChI=1S/C14H20N2O3/c1-15-12(9-16-4-6-17-7-5-16)11-2-3-13-14(8-11)19-10-18-13/h2-3,8,12,15H,4-7,9-10H2,1H3. The van der Waals surface area contributed by atoms with Crippen LogP contribution in [-0.2, 0) is 4.74 Å². The fraction of sp³-hybridized carbons (Fsp3) is 0.571. The van der Waals surface area contributed by atoms with Crippen LogP contribution in [0, 0.1) is 0 Å². The minimum atomic E-state index is 0.299. The Hall–Kier alpha value is -1.30. The molecule has 1 fully saturated rings. The highest BCUT2D eigenvalue weighted by molar-refractivity contribution is 5.45. The Balaban J connectivity index is 1.70. The average molecular weight is 264 g/mol. The van der Waals surface area contributed by atoms with E-state index in [0.29, 0.717) is 12.8 Å². The lowest BCUT2D eigenvalue weighted by atomic mass is 10.1. The minimum absolute atomic E-state index is 0.299. The van der Waals surface area contributed by atoms with Gasteiger partial charge in [-0.1, -0.05) is 6.07 Å². The Morgan fingerprint density at radius 2 is 2.00 bits per heavy atom. The minimum Gasteiger partial charge on any atom is -0.454 e. The molecule has 0 amide bonds. The van der Waals surface area contributed by atoms with E-state index in [4.69, 9.17) is 14.2 Å². The van der Waals surface area contributed by atoms with Crippen LogP contribution < -0.4 is 14.8 Å². The van der Waals surface area contributed by atoms with Crippen LogP contribution in [0.2, 0.25) is 0 Å². The first-order valence-corrected chi connectivity index (χ1v) is 6.74. The summed E-state index contributed by atoms with van der Waals surface area (Å²) in [5, 5.41) is 3.38. The van der Waals surface area contributed by atoms with Crippen LogP contribution in [-0.4, -0.2) is 51.6 Å². The summed E-state index contributed by atoms with van der Waals surface area (Å²) in [5.74, 6) is 1.68. The number of hydrogen-bond donors (Lipinski definition) is 1. The first-order valence-electron chi connectivity index (χ1n) is 6.74. The zero-order chi connectivity index (χ0) is 13.1. The number of nitrogens with zero attached hydrogens (tertiary/aromatic N) is 1. The SMILES string of the molecule is CNC(CN1CCOCC1)c1ccc2c(c1)OCO2. The van der Waals surface area contributed by atoms with Crippen molar-refractivity contribution in [3.63, 3.8) is 0 Å². The van der Waals surface area contributed by atoms with E-state index in [9.17, 15) is 0 Å². The zero-order valence-corrected chi connectivity index (χ0v) is 11.2. The van der Waals surface area contributed by atoms with Gasteiger partial charge in [0.25, 0.3) is 0 Å². The molecule has 5 heteroatoms. The Morgan fingerprint density at radius 3 is 2.79 bits per heavy atom. The highest BCUT2D eigenvalue weighted by Gasteiger charge is 2.20. The number of hydrogen-bond acceptors (Lipinski definition) is 5. The summed E-state index contributed by atoms with van der Waals surface area (Å²) in [7, 11) is 2.00. The first kappa shape index (κ1) is 12.7. The summed E-state index contributed by atoms with van der Waals surface area (Å²) in [6, 6.07) is 6.47. The van der Waals surface area contributed by atoms with Gasteiger partial charge in [-0.25, -0.2) is 0 Å². The lowest BCUT2D eigenvalue weighted by Gasteiger charge is -2.30. The van der Waals surface area contributed by atoms with Crippen molar-refractivity contribution in [3.8, 4) is 11.5 Å². The van der Waals surface area contributed by atoms with Gasteiger partial charge in [0.15, 0.2) is 11.5 Å². The number of fused-ring (bicyclic) bond motifs is 1. The molecule has 1 unspecified atom stereocenters. The molecule has 3 rings (SSSR count). The van der Waals surface area contributed by atoms with Crippen molar-refractivity contribution in [1.29, 1.82) is 0 Å². The van der Waals surface area contributed by atoms with E-state index < -0.39 is 0 Å². The van der Waals surface area contributed by atoms with Crippen LogP contribution in [0.4, 0.5) is 0 Å². The Labute approximate surface area is 113 Å². The van der Waals surface area contributed by atoms with Gasteiger partial charge in [-0.3, -0.25) is 4.90 Å². The largest absolute Gasteiger partial charge is 0.454 e. The molecule has 1 aromatic rings. The summed E-state index contributed by atoms with van der Waals surface area (Å²) in [5.41, 5.74) is 1.23. The molecule has 1 saturated heterocycles. The zero-order valence-electron chi connectivity index (χ0n) is 11.2. The topological polar surface area (TPSA) is 43.0 Å². The van der Waals surface area contributed by atoms with Crippen molar-refractivity contribution in [1.82, 2.24) is 10.2 Å². The van der Waals surface area contributed by atoms with Crippen LogP contribution in [0.5, 0.6) is 11.5 Å². The normalized spacial score (nSPS) is 20.5. The fourth-order valence-electron chi connectivity index (χ4n) is 2.54. The molecule has 19 heavy (non-hydrogen) atoms. The molecule has 1 N–H and O–H groups in total. The molecule has 5 nitrogen and oxygen atoms in total. The molecule has 0 saturated carbocycles. The van der Waals surface area contributed by atoms with Crippen LogP contribution in [0.1, 0.15) is 11.6 Å². The molecule has 0 aromatic heterocycles. The summed E-state index contributed by atoms with van der Waals surface area (Å²) >= 11 is 0. The van der Waals surface area contributed by atoms with Crippen molar-refractivity contribution in [2.24, 2.45) is 0 Å². The van der Waals surface area contributed by atoms with Gasteiger partial charge in [0, 0.05) is 25.7 Å². The average Bonchev–Trinajstić information content (AvgIpc) is 2.93. The molecular weight excluding hydrogens is 244 g/mol. The van der Waals surface area contributed by atoms with E-state index in [-0.39, 0.29) is 0 Å². The molecule has 0 bridgehead atoms. The van der Waals surface area contributed by atoms with E-state index in [1.165, 1.54) is 5.56 Å². The van der Waals surface area contributed by atoms with Gasteiger partial charge >= 0.3 is 0 Å². The highest BCUT2D eigenvalue weighted by Crippen LogP contribution is 2.34. The predicted octanol–water partition coefficient (Wildman–Crippen LogP) is 1.01. The Bertz CT molecular complexity index is 433. The van der Waals surface area contributed by atoms with Gasteiger partial charge in [-0.15, -0.1) is 0 Å². The Kier molecular flexibility index (Phi) is 3.87. The quantitative estimate of drug-likeness (QED) is 0.879. The molecule has 1 atom stereocenters. The third-order valence-corrected chi connectivity index (χ3v) is 3.69. The smallest absolute Gasteiger partial charge is 0.231 e. The summed E-state index contributed by atoms with van der Waals surface area (Å²) in [4.78, 5) is 2.43. The maximum Gasteiger partial charge on any atom is 0.231 e. The molecule has 0 radical (unpaired) electrons. The number of nitrogens with one attached hydrogen (secondary N) is 1. The van der Waals surface area contributed by atoms with Crippen LogP contribution in [0.15, 0.2) is 18.2 Å². The number of morpholine rings is 1. The number of ether oxygens (including phenoxy) is 3. The third-order valence-electron chi connectivity index (χ3n) is 3.69. The Morgan fingerprint density at radius 1 is 1.21 bits per heavy atom. The second kappa shape index (κ2) is 5.77. The molecule has 2 heterocycles. The molecule has 1 aromatic carbocycles. The second-order valence-corrected chi connectivity index (χ2v) is 4.87. The van der Waals surface area contributed by atoms with Crippen molar-refractivity contribution < 1.29 is 14.2 Å². The van der Waals surface area contributed by atoms with E-state index >= 15 is 0 Å². The van der Waals surface area contributed by atoms with Crippen molar-refractivity contribution in [2.45, 2.75) is 6.04 Å². The molecule has 2 aliphatic heterocycles.